The Hall–Kier alpha value is -13.9. The van der Waals surface area contributed by atoms with Crippen molar-refractivity contribution in [1.29, 1.82) is 0 Å². The predicted molar refractivity (Wildman–Crippen MR) is 520 cm³/mol. The summed E-state index contributed by atoms with van der Waals surface area (Å²) < 4.78 is 9.27. The summed E-state index contributed by atoms with van der Waals surface area (Å²) in [6.45, 7) is 4.64. The van der Waals surface area contributed by atoms with Crippen molar-refractivity contribution in [3.63, 3.8) is 0 Å². The second kappa shape index (κ2) is 31.7. The van der Waals surface area contributed by atoms with Crippen LogP contribution in [0.25, 0.3) is 171 Å². The van der Waals surface area contributed by atoms with Gasteiger partial charge in [0.25, 0.3) is 0 Å². The number of hydrogen-bond acceptors (Lipinski definition) is 2. The van der Waals surface area contributed by atoms with Gasteiger partial charge in [-0.3, -0.25) is 0 Å². The van der Waals surface area contributed by atoms with E-state index in [1.54, 1.807) is 6.07 Å². The average molecular weight is 1700 g/mol. The van der Waals surface area contributed by atoms with Crippen molar-refractivity contribution in [2.24, 2.45) is 0 Å². The first-order chi connectivity index (χ1) is 59.9. The van der Waals surface area contributed by atoms with Crippen LogP contribution in [0.3, 0.4) is 0 Å². The molecule has 0 saturated carbocycles. The summed E-state index contributed by atoms with van der Waals surface area (Å²) in [7, 11) is -1.39. The summed E-state index contributed by atoms with van der Waals surface area (Å²) in [6.07, 6.45) is 1.97. The number of para-hydroxylation sites is 7. The van der Waals surface area contributed by atoms with E-state index in [1.165, 1.54) is 199 Å². The van der Waals surface area contributed by atoms with Crippen LogP contribution in [0.2, 0.25) is 0 Å². The maximum atomic E-state index is 9.16. The lowest BCUT2D eigenvalue weighted by Crippen LogP contribution is -2.29. The van der Waals surface area contributed by atoms with E-state index >= 15 is 0 Å². The second-order valence-electron chi connectivity index (χ2n) is 32.4. The lowest BCUT2D eigenvalue weighted by atomic mass is 9.79. The summed E-state index contributed by atoms with van der Waals surface area (Å²) in [5.41, 5.74) is 37.6. The van der Waals surface area contributed by atoms with Crippen LogP contribution in [-0.4, -0.2) is 35.9 Å². The van der Waals surface area contributed by atoms with Gasteiger partial charge in [0.1, 0.15) is 0 Å². The molecule has 0 amide bonds. The third-order valence-electron chi connectivity index (χ3n) is 24.9. The van der Waals surface area contributed by atoms with E-state index < -0.39 is 7.12 Å². The summed E-state index contributed by atoms with van der Waals surface area (Å²) in [6, 6.07) is 147. The number of fused-ring (bicyclic) bond motifs is 21. The molecular formula is C113H81BBr2N4O2. The number of nitrogens with one attached hydrogen (secondary N) is 1. The number of aromatic nitrogens is 4. The van der Waals surface area contributed by atoms with Crippen molar-refractivity contribution in [2.75, 3.05) is 0 Å². The van der Waals surface area contributed by atoms with Gasteiger partial charge in [0.2, 0.25) is 0 Å². The van der Waals surface area contributed by atoms with Gasteiger partial charge in [0.05, 0.1) is 33.1 Å². The molecule has 6 nitrogen and oxygen atoms in total. The van der Waals surface area contributed by atoms with E-state index in [4.69, 9.17) is 10.0 Å². The molecule has 0 saturated heterocycles. The molecule has 0 bridgehead atoms. The van der Waals surface area contributed by atoms with Gasteiger partial charge in [0.15, 0.2) is 0 Å². The monoisotopic (exact) mass is 1690 g/mol. The highest BCUT2D eigenvalue weighted by Gasteiger charge is 2.35. The van der Waals surface area contributed by atoms with Gasteiger partial charge in [0, 0.05) is 85.5 Å². The van der Waals surface area contributed by atoms with E-state index in [2.05, 4.69) is 441 Å². The summed E-state index contributed by atoms with van der Waals surface area (Å²) >= 11 is 7.14. The average Bonchev–Trinajstić information content (AvgIpc) is 1.36. The van der Waals surface area contributed by atoms with Crippen molar-refractivity contribution >= 4 is 132 Å². The summed E-state index contributed by atoms with van der Waals surface area (Å²) in [4.78, 5) is 3.53. The summed E-state index contributed by atoms with van der Waals surface area (Å²) in [5, 5.41) is 28.6. The Morgan fingerprint density at radius 2 is 0.631 bits per heavy atom. The fourth-order valence-corrected chi connectivity index (χ4v) is 19.8. The van der Waals surface area contributed by atoms with Crippen molar-refractivity contribution < 1.29 is 10.0 Å². The van der Waals surface area contributed by atoms with Gasteiger partial charge in [-0.05, 0) is 258 Å². The largest absolute Gasteiger partial charge is 0.488 e. The molecule has 25 rings (SSSR count). The number of rotatable bonds is 7. The zero-order valence-electron chi connectivity index (χ0n) is 67.2. The Labute approximate surface area is 725 Å². The molecular weight excluding hydrogens is 1620 g/mol. The molecule has 3 aliphatic carbocycles. The minimum Gasteiger partial charge on any atom is -0.423 e. The molecule has 0 spiro atoms. The fraction of sp³-hybridized carbons (Fsp3) is 0.0442. The molecule has 0 aliphatic heterocycles. The van der Waals surface area contributed by atoms with E-state index in [0.29, 0.717) is 5.46 Å². The highest BCUT2D eigenvalue weighted by molar-refractivity contribution is 9.10. The molecule has 122 heavy (non-hydrogen) atoms. The molecule has 4 heterocycles. The highest BCUT2D eigenvalue weighted by atomic mass is 79.9. The van der Waals surface area contributed by atoms with E-state index in [0.717, 1.165) is 27.4 Å². The molecule has 3 aliphatic rings. The molecule has 3 N–H and O–H groups in total. The maximum absolute atomic E-state index is 9.16. The zero-order chi connectivity index (χ0) is 82.1. The normalized spacial score (nSPS) is 12.3. The van der Waals surface area contributed by atoms with Gasteiger partial charge in [-0.2, -0.15) is 0 Å². The van der Waals surface area contributed by atoms with Crippen LogP contribution in [0.15, 0.2) is 421 Å². The van der Waals surface area contributed by atoms with Gasteiger partial charge >= 0.3 is 7.12 Å². The smallest absolute Gasteiger partial charge is 0.423 e. The van der Waals surface area contributed by atoms with Crippen LogP contribution in [0.1, 0.15) is 47.2 Å². The third kappa shape index (κ3) is 13.7. The Morgan fingerprint density at radius 3 is 1.19 bits per heavy atom. The fourth-order valence-electron chi connectivity index (χ4n) is 19.0. The first-order valence-electron chi connectivity index (χ1n) is 41.6. The number of H-pyrrole nitrogens is 1. The van der Waals surface area contributed by atoms with Crippen LogP contribution < -0.4 is 5.46 Å². The molecule has 0 unspecified atom stereocenters. The van der Waals surface area contributed by atoms with Gasteiger partial charge in [-0.15, -0.1) is 0 Å². The Bertz CT molecular complexity index is 7810. The first-order valence-corrected chi connectivity index (χ1v) is 43.2. The van der Waals surface area contributed by atoms with Crippen LogP contribution in [0, 0.1) is 0 Å². The lowest BCUT2D eigenvalue weighted by molar-refractivity contribution is 0.426. The SMILES string of the molecule is Brc1ccc2c(c1)c1ccccc1n2-c1ccccc1.CC1(C)c2ccccc2-c2ccc(-c3cccc(Br)c3)cc21.OB(O)c1ccc2c(c1)-c1ccccc1C2.c1ccc(-n2c3ccccc3c3cc(-c4ccc5[nH]c6ccccc6c5c4)ccc32)cc1.c1ccc(-n2c3ccccc3c3cc(-c4ccc5c(c4)-c4ccccc4C5)ccc32)cc1. The Kier molecular flexibility index (Phi) is 19.6. The standard InChI is InChI=1S/C31H21N.C30H20N2.C21H17Br.C18H12BrN.C13H11BO2/c1-2-9-25(10-3-1)32-30-13-7-6-12-27(30)29-20-22(16-17-31(29)32)21-14-15-24-18-23-8-4-5-11-26(23)28(24)19-21;1-2-8-22(9-3-1)32-29-13-7-5-11-24(29)26-19-21(15-17-30(26)32)20-14-16-28-25(18-20)23-10-4-6-12-27(23)31-28;1-21(2)19-9-4-3-8-17(19)18-11-10-15(13-20(18)21)14-6-5-7-16(22)12-14;19-13-10-11-18-16(12-13)15-8-4-5-9-17(15)20(18)14-6-2-1-3-7-14;15-14(16)11-6-5-10-7-9-3-1-2-4-12(9)13(10)8-11/h1-17,19-20H,18H2;1-19,31H;3-13H,1-2H3;1-12H;1-6,8,15-16H,7H2. The van der Waals surface area contributed by atoms with Crippen LogP contribution in [0.5, 0.6) is 0 Å². The molecule has 582 valence electrons. The molecule has 0 radical (unpaired) electrons. The van der Waals surface area contributed by atoms with Gasteiger partial charge in [-0.25, -0.2) is 0 Å². The van der Waals surface area contributed by atoms with E-state index in [9.17, 15) is 0 Å². The molecule has 0 fully saturated rings. The van der Waals surface area contributed by atoms with Crippen LogP contribution in [0.4, 0.5) is 0 Å². The number of nitrogens with zero attached hydrogens (tertiary/aromatic N) is 3. The molecule has 4 aromatic heterocycles. The predicted octanol–water partition coefficient (Wildman–Crippen LogP) is 29.0. The molecule has 18 aromatic carbocycles. The Balaban J connectivity index is 0.0000000962. The Morgan fingerprint density at radius 1 is 0.254 bits per heavy atom. The second-order valence-corrected chi connectivity index (χ2v) is 34.2. The highest BCUT2D eigenvalue weighted by Crippen LogP contribution is 2.50. The molecule has 0 atom stereocenters. The van der Waals surface area contributed by atoms with Crippen LogP contribution >= 0.6 is 31.9 Å². The lowest BCUT2D eigenvalue weighted by Gasteiger charge is -2.22. The number of benzene rings is 18. The third-order valence-corrected chi connectivity index (χ3v) is 25.8. The van der Waals surface area contributed by atoms with Crippen molar-refractivity contribution in [2.45, 2.75) is 32.1 Å². The number of halogens is 2. The molecule has 22 aromatic rings. The van der Waals surface area contributed by atoms with Crippen molar-refractivity contribution in [3.05, 3.63) is 455 Å². The van der Waals surface area contributed by atoms with E-state index in [1.807, 2.05) is 30.3 Å². The molecule has 9 heteroatoms. The number of hydrogen-bond donors (Lipinski definition) is 3. The van der Waals surface area contributed by atoms with Gasteiger partial charge in [-0.1, -0.05) is 319 Å². The first kappa shape index (κ1) is 75.6. The summed E-state index contributed by atoms with van der Waals surface area (Å²) in [5.74, 6) is 0. The zero-order valence-corrected chi connectivity index (χ0v) is 70.4. The minimum atomic E-state index is -1.39. The van der Waals surface area contributed by atoms with E-state index in [-0.39, 0.29) is 5.41 Å². The number of aromatic amines is 1. The van der Waals surface area contributed by atoms with Crippen LogP contribution in [-0.2, 0) is 18.3 Å². The van der Waals surface area contributed by atoms with Gasteiger partial charge < -0.3 is 28.7 Å². The maximum Gasteiger partial charge on any atom is 0.488 e. The van der Waals surface area contributed by atoms with Crippen molar-refractivity contribution in [1.82, 2.24) is 18.7 Å². The quantitative estimate of drug-likeness (QED) is 0.139. The van der Waals surface area contributed by atoms with Crippen molar-refractivity contribution in [3.8, 4) is 83.8 Å². The minimum absolute atomic E-state index is 0.0634. The topological polar surface area (TPSA) is 71.0 Å².